The monoisotopic (exact) mass is 430 g/mol. The first-order valence-corrected chi connectivity index (χ1v) is 12.4. The van der Waals surface area contributed by atoms with E-state index in [4.69, 9.17) is 0 Å². The Morgan fingerprint density at radius 1 is 1.19 bits per heavy atom. The van der Waals surface area contributed by atoms with Gasteiger partial charge in [-0.05, 0) is 74.9 Å². The second-order valence-electron chi connectivity index (χ2n) is 12.1. The molecule has 4 nitrogen and oxygen atoms in total. The summed E-state index contributed by atoms with van der Waals surface area (Å²) in [6.45, 7) is 10.6. The van der Waals surface area contributed by atoms with Crippen molar-refractivity contribution in [2.24, 2.45) is 40.4 Å². The number of carbonyl (C=O) groups excluding carboxylic acids is 1. The van der Waals surface area contributed by atoms with Gasteiger partial charge in [0.1, 0.15) is 0 Å². The lowest BCUT2D eigenvalue weighted by atomic mass is 9.46. The van der Waals surface area contributed by atoms with Crippen LogP contribution in [0.15, 0.2) is 23.8 Å². The number of hydrogen-bond donors (Lipinski definition) is 3. The third kappa shape index (κ3) is 3.57. The predicted molar refractivity (Wildman–Crippen MR) is 122 cm³/mol. The molecule has 0 saturated heterocycles. The lowest BCUT2D eigenvalue weighted by Gasteiger charge is -2.59. The normalized spacial score (nSPS) is 46.2. The van der Waals surface area contributed by atoms with E-state index in [2.05, 4.69) is 33.8 Å². The molecular formula is C27H42O4. The van der Waals surface area contributed by atoms with Crippen LogP contribution in [0.3, 0.4) is 0 Å². The lowest BCUT2D eigenvalue weighted by molar-refractivity contribution is -0.172. The molecule has 0 aromatic heterocycles. The van der Waals surface area contributed by atoms with Crippen molar-refractivity contribution in [2.45, 2.75) is 97.4 Å². The Hall–Kier alpha value is -0.970. The van der Waals surface area contributed by atoms with Gasteiger partial charge in [-0.2, -0.15) is 0 Å². The molecule has 3 N–H and O–H groups in total. The average Bonchev–Trinajstić information content (AvgIpc) is 2.95. The van der Waals surface area contributed by atoms with Crippen LogP contribution in [-0.2, 0) is 4.79 Å². The molecule has 0 aromatic carbocycles. The number of carbonyl (C=O) groups is 1. The third-order valence-electron chi connectivity index (χ3n) is 9.83. The highest BCUT2D eigenvalue weighted by Crippen LogP contribution is 2.67. The molecule has 0 heterocycles. The van der Waals surface area contributed by atoms with E-state index in [1.807, 2.05) is 13.0 Å². The average molecular weight is 431 g/mol. The van der Waals surface area contributed by atoms with Gasteiger partial charge in [0, 0.05) is 16.7 Å². The summed E-state index contributed by atoms with van der Waals surface area (Å²) in [7, 11) is 0. The molecule has 9 atom stereocenters. The summed E-state index contributed by atoms with van der Waals surface area (Å²) in [5.41, 5.74) is -0.477. The van der Waals surface area contributed by atoms with E-state index in [1.54, 1.807) is 6.08 Å². The summed E-state index contributed by atoms with van der Waals surface area (Å²) < 4.78 is 0. The van der Waals surface area contributed by atoms with Crippen molar-refractivity contribution in [3.05, 3.63) is 23.8 Å². The fraction of sp³-hybridized carbons (Fsp3) is 0.815. The Morgan fingerprint density at radius 2 is 1.90 bits per heavy atom. The van der Waals surface area contributed by atoms with E-state index in [0.717, 1.165) is 25.7 Å². The zero-order valence-corrected chi connectivity index (χ0v) is 20.0. The van der Waals surface area contributed by atoms with Crippen molar-refractivity contribution >= 4 is 5.78 Å². The first-order valence-electron chi connectivity index (χ1n) is 12.4. The molecule has 0 bridgehead atoms. The third-order valence-corrected chi connectivity index (χ3v) is 9.83. The number of hydrogen-bond acceptors (Lipinski definition) is 4. The van der Waals surface area contributed by atoms with Gasteiger partial charge < -0.3 is 15.3 Å². The molecule has 0 radical (unpaired) electrons. The van der Waals surface area contributed by atoms with Crippen LogP contribution >= 0.6 is 0 Å². The molecule has 9 unspecified atom stereocenters. The Labute approximate surface area is 187 Å². The van der Waals surface area contributed by atoms with Crippen LogP contribution in [0.2, 0.25) is 0 Å². The van der Waals surface area contributed by atoms with E-state index < -0.39 is 23.2 Å². The highest BCUT2D eigenvalue weighted by Gasteiger charge is 2.67. The molecule has 0 spiro atoms. The molecule has 4 aliphatic rings. The SMILES string of the molecule is CC(C)CCCC(C)(O)C1C(O)CC2C3CCC4=CC(=O)C=CC4(C)C3CC(O)C21C. The van der Waals surface area contributed by atoms with E-state index in [9.17, 15) is 20.1 Å². The maximum Gasteiger partial charge on any atom is 0.178 e. The van der Waals surface area contributed by atoms with Crippen LogP contribution in [0.1, 0.15) is 79.6 Å². The second-order valence-corrected chi connectivity index (χ2v) is 12.1. The van der Waals surface area contributed by atoms with E-state index in [1.165, 1.54) is 5.57 Å². The molecule has 3 fully saturated rings. The van der Waals surface area contributed by atoms with Gasteiger partial charge in [-0.25, -0.2) is 0 Å². The molecule has 4 aliphatic carbocycles. The largest absolute Gasteiger partial charge is 0.393 e. The molecular weight excluding hydrogens is 388 g/mol. The number of rotatable bonds is 5. The number of aliphatic hydroxyl groups excluding tert-OH is 2. The number of allylic oxidation sites excluding steroid dienone is 4. The van der Waals surface area contributed by atoms with Crippen molar-refractivity contribution in [3.8, 4) is 0 Å². The second kappa shape index (κ2) is 7.81. The van der Waals surface area contributed by atoms with Crippen molar-refractivity contribution in [1.29, 1.82) is 0 Å². The molecule has 4 heteroatoms. The summed E-state index contributed by atoms with van der Waals surface area (Å²) in [4.78, 5) is 12.0. The quantitative estimate of drug-likeness (QED) is 0.603. The highest BCUT2D eigenvalue weighted by molar-refractivity contribution is 6.01. The Balaban J connectivity index is 1.63. The van der Waals surface area contributed by atoms with Crippen molar-refractivity contribution in [2.75, 3.05) is 0 Å². The van der Waals surface area contributed by atoms with Gasteiger partial charge in [0.2, 0.25) is 0 Å². The molecule has 31 heavy (non-hydrogen) atoms. The summed E-state index contributed by atoms with van der Waals surface area (Å²) in [5, 5.41) is 34.3. The zero-order valence-electron chi connectivity index (χ0n) is 20.0. The van der Waals surface area contributed by atoms with E-state index in [-0.39, 0.29) is 29.0 Å². The first kappa shape index (κ1) is 23.2. The minimum atomic E-state index is -0.994. The minimum Gasteiger partial charge on any atom is -0.393 e. The Morgan fingerprint density at radius 3 is 2.58 bits per heavy atom. The Kier molecular flexibility index (Phi) is 5.85. The summed E-state index contributed by atoms with van der Waals surface area (Å²) >= 11 is 0. The predicted octanol–water partition coefficient (Wildman–Crippen LogP) is 4.43. The lowest BCUT2D eigenvalue weighted by Crippen LogP contribution is -2.59. The number of fused-ring (bicyclic) bond motifs is 5. The van der Waals surface area contributed by atoms with Gasteiger partial charge in [-0.1, -0.05) is 52.2 Å². The van der Waals surface area contributed by atoms with Crippen molar-refractivity contribution in [3.63, 3.8) is 0 Å². The van der Waals surface area contributed by atoms with Gasteiger partial charge in [0.25, 0.3) is 0 Å². The Bertz CT molecular complexity index is 780. The summed E-state index contributed by atoms with van der Waals surface area (Å²) in [5.74, 6) is 1.18. The van der Waals surface area contributed by atoms with E-state index >= 15 is 0 Å². The fourth-order valence-electron chi connectivity index (χ4n) is 8.30. The minimum absolute atomic E-state index is 0.0703. The fourth-order valence-corrected chi connectivity index (χ4v) is 8.30. The van der Waals surface area contributed by atoms with Crippen molar-refractivity contribution in [1.82, 2.24) is 0 Å². The maximum absolute atomic E-state index is 12.0. The van der Waals surface area contributed by atoms with Crippen LogP contribution < -0.4 is 0 Å². The molecule has 3 saturated carbocycles. The zero-order chi connectivity index (χ0) is 22.8. The van der Waals surface area contributed by atoms with Gasteiger partial charge in [-0.15, -0.1) is 0 Å². The molecule has 4 rings (SSSR count). The van der Waals surface area contributed by atoms with E-state index in [0.29, 0.717) is 31.1 Å². The van der Waals surface area contributed by atoms with Crippen LogP contribution in [0, 0.1) is 40.4 Å². The summed E-state index contributed by atoms with van der Waals surface area (Å²) in [6, 6.07) is 0. The standard InChI is InChI=1S/C27H42O4/c1-16(2)7-6-11-26(4,31)24-22(29)14-21-19-9-8-17-13-18(28)10-12-25(17,3)20(19)15-23(30)27(21,24)5/h10,12-13,16,19-24,29-31H,6-9,11,14-15H2,1-5H3. The molecule has 174 valence electrons. The molecule has 0 aliphatic heterocycles. The van der Waals surface area contributed by atoms with Gasteiger partial charge >= 0.3 is 0 Å². The topological polar surface area (TPSA) is 77.8 Å². The maximum atomic E-state index is 12.0. The molecule has 0 aromatic rings. The van der Waals surface area contributed by atoms with Gasteiger partial charge in [0.05, 0.1) is 17.8 Å². The van der Waals surface area contributed by atoms with Crippen molar-refractivity contribution < 1.29 is 20.1 Å². The molecule has 0 amide bonds. The number of ketones is 1. The highest BCUT2D eigenvalue weighted by atomic mass is 16.3. The van der Waals surface area contributed by atoms with Crippen LogP contribution in [0.5, 0.6) is 0 Å². The van der Waals surface area contributed by atoms with Crippen LogP contribution in [-0.4, -0.2) is 38.9 Å². The van der Waals surface area contributed by atoms with Crippen LogP contribution in [0.25, 0.3) is 0 Å². The number of aliphatic hydroxyl groups is 3. The summed E-state index contributed by atoms with van der Waals surface area (Å²) in [6.07, 6.45) is 10.3. The smallest absolute Gasteiger partial charge is 0.178 e. The van der Waals surface area contributed by atoms with Gasteiger partial charge in [-0.3, -0.25) is 4.79 Å². The van der Waals surface area contributed by atoms with Gasteiger partial charge in [0.15, 0.2) is 5.78 Å². The van der Waals surface area contributed by atoms with Crippen LogP contribution in [0.4, 0.5) is 0 Å². The first-order chi connectivity index (χ1) is 14.4.